The fourth-order valence-electron chi connectivity index (χ4n) is 3.05. The fraction of sp³-hybridized carbons (Fsp3) is 0.500. The summed E-state index contributed by atoms with van der Waals surface area (Å²) >= 11 is 0. The second-order valence-electron chi connectivity index (χ2n) is 7.81. The molecule has 2 aromatic rings. The molecule has 1 atom stereocenters. The van der Waals surface area contributed by atoms with E-state index in [0.717, 1.165) is 30.9 Å². The summed E-state index contributed by atoms with van der Waals surface area (Å²) in [6, 6.07) is 15.2. The van der Waals surface area contributed by atoms with Crippen LogP contribution in [-0.2, 0) is 12.8 Å². The van der Waals surface area contributed by atoms with Crippen molar-refractivity contribution in [2.45, 2.75) is 39.5 Å². The fourth-order valence-corrected chi connectivity index (χ4v) is 3.05. The Labute approximate surface area is 165 Å². The molecular weight excluding hydrogens is 334 g/mol. The number of hydrogen-bond donors (Lipinski definition) is 0. The molecular formula is C24H35NO2. The third kappa shape index (κ3) is 7.64. The van der Waals surface area contributed by atoms with Crippen LogP contribution in [0, 0.1) is 12.8 Å². The minimum absolute atomic E-state index is 0.665. The molecule has 3 nitrogen and oxygen atoms in total. The maximum atomic E-state index is 5.85. The van der Waals surface area contributed by atoms with Crippen molar-refractivity contribution < 1.29 is 9.47 Å². The van der Waals surface area contributed by atoms with Gasteiger partial charge in [-0.3, -0.25) is 0 Å². The summed E-state index contributed by atoms with van der Waals surface area (Å²) in [6.07, 6.45) is 4.65. The zero-order valence-corrected chi connectivity index (χ0v) is 17.6. The van der Waals surface area contributed by atoms with Crippen molar-refractivity contribution in [2.75, 3.05) is 34.4 Å². The lowest BCUT2D eigenvalue weighted by Gasteiger charge is -2.15. The molecule has 0 fully saturated rings. The third-order valence-electron chi connectivity index (χ3n) is 5.00. The predicted octanol–water partition coefficient (Wildman–Crippen LogP) is 5.15. The van der Waals surface area contributed by atoms with Gasteiger partial charge in [-0.15, -0.1) is 0 Å². The second-order valence-corrected chi connectivity index (χ2v) is 7.81. The molecule has 0 aromatic heterocycles. The van der Waals surface area contributed by atoms with E-state index < -0.39 is 0 Å². The summed E-state index contributed by atoms with van der Waals surface area (Å²) < 4.78 is 11.4. The average Bonchev–Trinajstić information content (AvgIpc) is 2.66. The first kappa shape index (κ1) is 21.3. The molecule has 0 aliphatic carbocycles. The van der Waals surface area contributed by atoms with E-state index in [-0.39, 0.29) is 0 Å². The van der Waals surface area contributed by atoms with Gasteiger partial charge in [-0.1, -0.05) is 42.8 Å². The quantitative estimate of drug-likeness (QED) is 0.547. The first-order valence-electron chi connectivity index (χ1n) is 9.98. The standard InChI is InChI=1S/C24H35NO2/c1-19-6-10-21(11-7-19)12-8-20(2)9-13-22-14-15-23(24(18-22)26-5)27-17-16-25(3)4/h6-7,10-11,14-15,18,20H,8-9,12-13,16-17H2,1-5H3/t20-/m0/s1. The van der Waals surface area contributed by atoms with E-state index in [2.05, 4.69) is 55.1 Å². The van der Waals surface area contributed by atoms with Crippen LogP contribution < -0.4 is 9.47 Å². The smallest absolute Gasteiger partial charge is 0.161 e. The molecule has 0 aliphatic rings. The van der Waals surface area contributed by atoms with Crippen LogP contribution in [0.3, 0.4) is 0 Å². The number of likely N-dealkylation sites (N-methyl/N-ethyl adjacent to an activating group) is 1. The molecule has 0 spiro atoms. The van der Waals surface area contributed by atoms with E-state index in [4.69, 9.17) is 9.47 Å². The van der Waals surface area contributed by atoms with E-state index >= 15 is 0 Å². The van der Waals surface area contributed by atoms with Crippen molar-refractivity contribution in [3.8, 4) is 11.5 Å². The SMILES string of the molecule is COc1cc(CC[C@@H](C)CCc2ccc(C)cc2)ccc1OCCN(C)C. The third-order valence-corrected chi connectivity index (χ3v) is 5.00. The van der Waals surface area contributed by atoms with E-state index in [0.29, 0.717) is 12.5 Å². The lowest BCUT2D eigenvalue weighted by molar-refractivity contribution is 0.250. The van der Waals surface area contributed by atoms with Crippen LogP contribution in [0.1, 0.15) is 36.5 Å². The normalized spacial score (nSPS) is 12.2. The van der Waals surface area contributed by atoms with Crippen molar-refractivity contribution in [2.24, 2.45) is 5.92 Å². The molecule has 0 bridgehead atoms. The number of ether oxygens (including phenoxy) is 2. The van der Waals surface area contributed by atoms with Gasteiger partial charge in [-0.05, 0) is 75.9 Å². The maximum Gasteiger partial charge on any atom is 0.161 e. The second kappa shape index (κ2) is 11.0. The highest BCUT2D eigenvalue weighted by atomic mass is 16.5. The lowest BCUT2D eigenvalue weighted by Crippen LogP contribution is -2.19. The van der Waals surface area contributed by atoms with Crippen LogP contribution in [0.4, 0.5) is 0 Å². The Morgan fingerprint density at radius 3 is 2.15 bits per heavy atom. The monoisotopic (exact) mass is 369 g/mol. The summed E-state index contributed by atoms with van der Waals surface area (Å²) in [5, 5.41) is 0. The number of aryl methyl sites for hydroxylation is 3. The summed E-state index contributed by atoms with van der Waals surface area (Å²) in [6.45, 7) is 6.05. The van der Waals surface area contributed by atoms with Gasteiger partial charge in [0.1, 0.15) is 6.61 Å². The Kier molecular flexibility index (Phi) is 8.66. The largest absolute Gasteiger partial charge is 0.493 e. The molecule has 0 saturated heterocycles. The zero-order valence-electron chi connectivity index (χ0n) is 17.6. The number of nitrogens with zero attached hydrogens (tertiary/aromatic N) is 1. The van der Waals surface area contributed by atoms with Gasteiger partial charge in [0.05, 0.1) is 7.11 Å². The van der Waals surface area contributed by atoms with Gasteiger partial charge in [-0.25, -0.2) is 0 Å². The Morgan fingerprint density at radius 2 is 1.52 bits per heavy atom. The molecule has 148 valence electrons. The highest BCUT2D eigenvalue weighted by Crippen LogP contribution is 2.29. The average molecular weight is 370 g/mol. The number of rotatable bonds is 11. The Morgan fingerprint density at radius 1 is 0.889 bits per heavy atom. The van der Waals surface area contributed by atoms with Gasteiger partial charge in [0, 0.05) is 6.54 Å². The number of benzene rings is 2. The minimum Gasteiger partial charge on any atom is -0.493 e. The molecule has 0 N–H and O–H groups in total. The highest BCUT2D eigenvalue weighted by molar-refractivity contribution is 5.43. The van der Waals surface area contributed by atoms with Gasteiger partial charge in [-0.2, -0.15) is 0 Å². The van der Waals surface area contributed by atoms with E-state index in [9.17, 15) is 0 Å². The number of hydrogen-bond acceptors (Lipinski definition) is 3. The highest BCUT2D eigenvalue weighted by Gasteiger charge is 2.08. The van der Waals surface area contributed by atoms with Crippen LogP contribution in [0.5, 0.6) is 11.5 Å². The van der Waals surface area contributed by atoms with Crippen LogP contribution in [0.2, 0.25) is 0 Å². The zero-order chi connectivity index (χ0) is 19.6. The van der Waals surface area contributed by atoms with Crippen molar-refractivity contribution in [3.05, 3.63) is 59.2 Å². The summed E-state index contributed by atoms with van der Waals surface area (Å²) in [7, 11) is 5.80. The van der Waals surface area contributed by atoms with Crippen molar-refractivity contribution in [1.29, 1.82) is 0 Å². The van der Waals surface area contributed by atoms with Crippen molar-refractivity contribution >= 4 is 0 Å². The molecule has 27 heavy (non-hydrogen) atoms. The molecule has 0 unspecified atom stereocenters. The topological polar surface area (TPSA) is 21.7 Å². The van der Waals surface area contributed by atoms with E-state index in [1.54, 1.807) is 7.11 Å². The van der Waals surface area contributed by atoms with Gasteiger partial charge in [0.15, 0.2) is 11.5 Å². The van der Waals surface area contributed by atoms with Crippen LogP contribution in [-0.4, -0.2) is 39.3 Å². The molecule has 2 rings (SSSR count). The molecule has 0 amide bonds. The lowest BCUT2D eigenvalue weighted by atomic mass is 9.94. The molecule has 0 aliphatic heterocycles. The first-order chi connectivity index (χ1) is 13.0. The maximum absolute atomic E-state index is 5.85. The van der Waals surface area contributed by atoms with Crippen LogP contribution in [0.25, 0.3) is 0 Å². The Balaban J connectivity index is 1.81. The van der Waals surface area contributed by atoms with Crippen LogP contribution in [0.15, 0.2) is 42.5 Å². The summed E-state index contributed by atoms with van der Waals surface area (Å²) in [5.41, 5.74) is 4.08. The Bertz CT molecular complexity index is 679. The summed E-state index contributed by atoms with van der Waals surface area (Å²) in [4.78, 5) is 2.11. The number of methoxy groups -OCH3 is 1. The molecule has 0 heterocycles. The van der Waals surface area contributed by atoms with Crippen LogP contribution >= 0.6 is 0 Å². The molecule has 0 saturated carbocycles. The van der Waals surface area contributed by atoms with Gasteiger partial charge >= 0.3 is 0 Å². The Hall–Kier alpha value is -2.00. The first-order valence-corrected chi connectivity index (χ1v) is 9.98. The van der Waals surface area contributed by atoms with E-state index in [1.165, 1.54) is 29.5 Å². The molecule has 2 aromatic carbocycles. The minimum atomic E-state index is 0.665. The summed E-state index contributed by atoms with van der Waals surface area (Å²) in [5.74, 6) is 2.36. The predicted molar refractivity (Wildman–Crippen MR) is 114 cm³/mol. The molecule has 0 radical (unpaired) electrons. The molecule has 3 heteroatoms. The van der Waals surface area contributed by atoms with Gasteiger partial charge < -0.3 is 14.4 Å². The van der Waals surface area contributed by atoms with E-state index in [1.807, 2.05) is 20.2 Å². The van der Waals surface area contributed by atoms with Crippen molar-refractivity contribution in [1.82, 2.24) is 4.90 Å². The van der Waals surface area contributed by atoms with Gasteiger partial charge in [0.2, 0.25) is 0 Å². The van der Waals surface area contributed by atoms with Crippen molar-refractivity contribution in [3.63, 3.8) is 0 Å². The van der Waals surface area contributed by atoms with Gasteiger partial charge in [0.25, 0.3) is 0 Å².